The minimum Gasteiger partial charge on any atom is -0.347 e. The Kier molecular flexibility index (Phi) is 3.43. The molecule has 1 aromatic rings. The number of pyridine rings is 1. The maximum absolute atomic E-state index is 12.1. The third-order valence-electron chi connectivity index (χ3n) is 3.26. The second-order valence-electron chi connectivity index (χ2n) is 5.02. The summed E-state index contributed by atoms with van der Waals surface area (Å²) in [4.78, 5) is 16.1. The molecule has 17 heavy (non-hydrogen) atoms. The molecular formula is C13H19N3O. The first-order chi connectivity index (χ1) is 8.09. The zero-order chi connectivity index (χ0) is 12.3. The molecule has 92 valence electrons. The molecule has 0 unspecified atom stereocenters. The van der Waals surface area contributed by atoms with Gasteiger partial charge in [0.15, 0.2) is 0 Å². The lowest BCUT2D eigenvalue weighted by Gasteiger charge is -2.35. The summed E-state index contributed by atoms with van der Waals surface area (Å²) in [6.07, 6.45) is 5.31. The van der Waals surface area contributed by atoms with Crippen LogP contribution in [0.4, 0.5) is 0 Å². The lowest BCUT2D eigenvalue weighted by atomic mass is 9.90. The minimum atomic E-state index is -0.0912. The zero-order valence-corrected chi connectivity index (χ0v) is 10.4. The summed E-state index contributed by atoms with van der Waals surface area (Å²) in [6.45, 7) is 5.97. The van der Waals surface area contributed by atoms with Crippen molar-refractivity contribution in [2.75, 3.05) is 13.1 Å². The lowest BCUT2D eigenvalue weighted by Crippen LogP contribution is -2.52. The van der Waals surface area contributed by atoms with Crippen molar-refractivity contribution >= 4 is 5.91 Å². The highest BCUT2D eigenvalue weighted by Gasteiger charge is 2.28. The van der Waals surface area contributed by atoms with Crippen LogP contribution in [0.5, 0.6) is 0 Å². The van der Waals surface area contributed by atoms with Crippen LogP contribution in [0.3, 0.4) is 0 Å². The molecule has 1 saturated heterocycles. The average Bonchev–Trinajstić information content (AvgIpc) is 2.29. The number of carbonyl (C=O) groups excluding carboxylic acids is 1. The SMILES string of the molecule is Cc1cncc(C(=O)NC2(C)CCNCC2)c1. The number of nitrogens with one attached hydrogen (secondary N) is 2. The van der Waals surface area contributed by atoms with Crippen LogP contribution < -0.4 is 10.6 Å². The summed E-state index contributed by atoms with van der Waals surface area (Å²) in [5.41, 5.74) is 1.56. The summed E-state index contributed by atoms with van der Waals surface area (Å²) in [5.74, 6) is -0.0226. The number of hydrogen-bond donors (Lipinski definition) is 2. The third-order valence-corrected chi connectivity index (χ3v) is 3.26. The molecule has 1 fully saturated rings. The molecule has 2 heterocycles. The zero-order valence-electron chi connectivity index (χ0n) is 10.4. The van der Waals surface area contributed by atoms with Gasteiger partial charge < -0.3 is 10.6 Å². The average molecular weight is 233 g/mol. The number of piperidine rings is 1. The molecular weight excluding hydrogens is 214 g/mol. The first kappa shape index (κ1) is 12.0. The molecule has 2 N–H and O–H groups in total. The number of hydrogen-bond acceptors (Lipinski definition) is 3. The van der Waals surface area contributed by atoms with Gasteiger partial charge in [-0.2, -0.15) is 0 Å². The fourth-order valence-corrected chi connectivity index (χ4v) is 2.13. The van der Waals surface area contributed by atoms with Gasteiger partial charge in [0.05, 0.1) is 5.56 Å². The van der Waals surface area contributed by atoms with E-state index in [1.807, 2.05) is 13.0 Å². The molecule has 4 nitrogen and oxygen atoms in total. The van der Waals surface area contributed by atoms with Gasteiger partial charge in [-0.1, -0.05) is 0 Å². The van der Waals surface area contributed by atoms with Gasteiger partial charge in [-0.25, -0.2) is 0 Å². The van der Waals surface area contributed by atoms with Gasteiger partial charge in [-0.15, -0.1) is 0 Å². The van der Waals surface area contributed by atoms with Crippen LogP contribution >= 0.6 is 0 Å². The number of amides is 1. The van der Waals surface area contributed by atoms with E-state index in [0.29, 0.717) is 5.56 Å². The Hall–Kier alpha value is -1.42. The molecule has 1 aliphatic rings. The summed E-state index contributed by atoms with van der Waals surface area (Å²) >= 11 is 0. The van der Waals surface area contributed by atoms with Crippen molar-refractivity contribution < 1.29 is 4.79 Å². The number of aromatic nitrogens is 1. The van der Waals surface area contributed by atoms with Crippen LogP contribution in [0.25, 0.3) is 0 Å². The van der Waals surface area contributed by atoms with E-state index in [1.165, 1.54) is 0 Å². The predicted octanol–water partition coefficient (Wildman–Crippen LogP) is 1.26. The Balaban J connectivity index is 2.06. The van der Waals surface area contributed by atoms with Gasteiger partial charge in [0, 0.05) is 17.9 Å². The van der Waals surface area contributed by atoms with Crippen molar-refractivity contribution in [3.05, 3.63) is 29.6 Å². The first-order valence-electron chi connectivity index (χ1n) is 6.04. The molecule has 0 aliphatic carbocycles. The minimum absolute atomic E-state index is 0.0226. The topological polar surface area (TPSA) is 54.0 Å². The number of carbonyl (C=O) groups is 1. The maximum atomic E-state index is 12.1. The van der Waals surface area contributed by atoms with Crippen molar-refractivity contribution in [2.24, 2.45) is 0 Å². The van der Waals surface area contributed by atoms with Crippen molar-refractivity contribution in [3.63, 3.8) is 0 Å². The van der Waals surface area contributed by atoms with E-state index in [1.54, 1.807) is 12.4 Å². The Bertz CT molecular complexity index is 411. The third kappa shape index (κ3) is 3.03. The molecule has 0 spiro atoms. The van der Waals surface area contributed by atoms with Crippen molar-refractivity contribution in [2.45, 2.75) is 32.2 Å². The van der Waals surface area contributed by atoms with Gasteiger partial charge in [0.2, 0.25) is 0 Å². The number of rotatable bonds is 2. The molecule has 1 aromatic heterocycles. The Morgan fingerprint density at radius 2 is 2.12 bits per heavy atom. The van der Waals surface area contributed by atoms with Crippen LogP contribution in [-0.4, -0.2) is 29.5 Å². The second kappa shape index (κ2) is 4.84. The quantitative estimate of drug-likeness (QED) is 0.808. The molecule has 1 amide bonds. The molecule has 0 saturated carbocycles. The Labute approximate surface area is 102 Å². The Morgan fingerprint density at radius 1 is 1.41 bits per heavy atom. The second-order valence-corrected chi connectivity index (χ2v) is 5.02. The molecule has 0 bridgehead atoms. The van der Waals surface area contributed by atoms with Crippen molar-refractivity contribution in [1.29, 1.82) is 0 Å². The van der Waals surface area contributed by atoms with Gasteiger partial charge in [0.25, 0.3) is 5.91 Å². The normalized spacial score (nSPS) is 18.7. The first-order valence-corrected chi connectivity index (χ1v) is 6.04. The highest BCUT2D eigenvalue weighted by atomic mass is 16.1. The molecule has 2 rings (SSSR count). The van der Waals surface area contributed by atoms with Crippen LogP contribution in [-0.2, 0) is 0 Å². The summed E-state index contributed by atoms with van der Waals surface area (Å²) in [7, 11) is 0. The van der Waals surface area contributed by atoms with Gasteiger partial charge >= 0.3 is 0 Å². The molecule has 0 radical (unpaired) electrons. The number of nitrogens with zero attached hydrogens (tertiary/aromatic N) is 1. The Morgan fingerprint density at radius 3 is 2.76 bits per heavy atom. The lowest BCUT2D eigenvalue weighted by molar-refractivity contribution is 0.0887. The predicted molar refractivity (Wildman–Crippen MR) is 66.9 cm³/mol. The van der Waals surface area contributed by atoms with E-state index in [-0.39, 0.29) is 11.4 Å². The van der Waals surface area contributed by atoms with Crippen LogP contribution in [0.2, 0.25) is 0 Å². The van der Waals surface area contributed by atoms with Gasteiger partial charge in [-0.3, -0.25) is 9.78 Å². The fourth-order valence-electron chi connectivity index (χ4n) is 2.13. The van der Waals surface area contributed by atoms with Gasteiger partial charge in [-0.05, 0) is 51.4 Å². The fraction of sp³-hybridized carbons (Fsp3) is 0.538. The van der Waals surface area contributed by atoms with E-state index < -0.39 is 0 Å². The standard InChI is InChI=1S/C13H19N3O/c1-10-7-11(9-15-8-10)12(17)16-13(2)3-5-14-6-4-13/h7-9,14H,3-6H2,1-2H3,(H,16,17). The summed E-state index contributed by atoms with van der Waals surface area (Å²) in [6, 6.07) is 1.87. The molecule has 4 heteroatoms. The highest BCUT2D eigenvalue weighted by Crippen LogP contribution is 2.17. The maximum Gasteiger partial charge on any atom is 0.253 e. The van der Waals surface area contributed by atoms with Crippen molar-refractivity contribution in [3.8, 4) is 0 Å². The highest BCUT2D eigenvalue weighted by molar-refractivity contribution is 5.94. The van der Waals surface area contributed by atoms with E-state index in [9.17, 15) is 4.79 Å². The van der Waals surface area contributed by atoms with Crippen LogP contribution in [0, 0.1) is 6.92 Å². The van der Waals surface area contributed by atoms with E-state index in [2.05, 4.69) is 22.5 Å². The summed E-state index contributed by atoms with van der Waals surface area (Å²) in [5, 5.41) is 6.42. The van der Waals surface area contributed by atoms with E-state index in [0.717, 1.165) is 31.5 Å². The monoisotopic (exact) mass is 233 g/mol. The van der Waals surface area contributed by atoms with E-state index in [4.69, 9.17) is 0 Å². The molecule has 0 aromatic carbocycles. The van der Waals surface area contributed by atoms with Crippen LogP contribution in [0.15, 0.2) is 18.5 Å². The number of aryl methyl sites for hydroxylation is 1. The molecule has 1 aliphatic heterocycles. The van der Waals surface area contributed by atoms with E-state index >= 15 is 0 Å². The largest absolute Gasteiger partial charge is 0.347 e. The van der Waals surface area contributed by atoms with Crippen molar-refractivity contribution in [1.82, 2.24) is 15.6 Å². The molecule has 0 atom stereocenters. The summed E-state index contributed by atoms with van der Waals surface area (Å²) < 4.78 is 0. The van der Waals surface area contributed by atoms with Gasteiger partial charge in [0.1, 0.15) is 0 Å². The van der Waals surface area contributed by atoms with Crippen LogP contribution in [0.1, 0.15) is 35.7 Å². The smallest absolute Gasteiger partial charge is 0.253 e.